The highest BCUT2D eigenvalue weighted by atomic mass is 32.1. The van der Waals surface area contributed by atoms with Crippen LogP contribution < -0.4 is 4.90 Å². The SMILES string of the molecule is Cc1sc2nc(CCc3ccccc3)nc(N3CCCC3)c2c1C. The summed E-state index contributed by atoms with van der Waals surface area (Å²) in [5.74, 6) is 2.15. The molecule has 1 aromatic carbocycles. The van der Waals surface area contributed by atoms with Crippen molar-refractivity contribution < 1.29 is 0 Å². The van der Waals surface area contributed by atoms with E-state index in [2.05, 4.69) is 49.1 Å². The lowest BCUT2D eigenvalue weighted by Crippen LogP contribution is -2.20. The summed E-state index contributed by atoms with van der Waals surface area (Å²) in [6, 6.07) is 10.6. The lowest BCUT2D eigenvalue weighted by atomic mass is 10.1. The first kappa shape index (κ1) is 15.6. The normalized spacial score (nSPS) is 14.7. The molecule has 1 aliphatic rings. The van der Waals surface area contributed by atoms with Gasteiger partial charge in [0.2, 0.25) is 0 Å². The van der Waals surface area contributed by atoms with Crippen LogP contribution in [0.2, 0.25) is 0 Å². The third kappa shape index (κ3) is 2.91. The van der Waals surface area contributed by atoms with Crippen LogP contribution in [0.15, 0.2) is 30.3 Å². The first-order valence-corrected chi connectivity index (χ1v) is 9.59. The van der Waals surface area contributed by atoms with Crippen LogP contribution in [0, 0.1) is 13.8 Å². The quantitative estimate of drug-likeness (QED) is 0.691. The summed E-state index contributed by atoms with van der Waals surface area (Å²) in [5, 5.41) is 1.28. The third-order valence-corrected chi connectivity index (χ3v) is 6.04. The van der Waals surface area contributed by atoms with Gasteiger partial charge in [0.1, 0.15) is 16.5 Å². The molecule has 3 heterocycles. The van der Waals surface area contributed by atoms with Crippen LogP contribution in [0.5, 0.6) is 0 Å². The van der Waals surface area contributed by atoms with Crippen molar-refractivity contribution in [3.8, 4) is 0 Å². The average molecular weight is 337 g/mol. The molecule has 1 aliphatic heterocycles. The van der Waals surface area contributed by atoms with Crippen molar-refractivity contribution in [3.05, 3.63) is 52.2 Å². The molecule has 0 spiro atoms. The molecular formula is C20H23N3S. The van der Waals surface area contributed by atoms with Crippen molar-refractivity contribution in [2.24, 2.45) is 0 Å². The molecule has 0 saturated carbocycles. The molecule has 0 bridgehead atoms. The van der Waals surface area contributed by atoms with Gasteiger partial charge in [0.25, 0.3) is 0 Å². The highest BCUT2D eigenvalue weighted by Crippen LogP contribution is 2.36. The average Bonchev–Trinajstić information content (AvgIpc) is 3.23. The number of hydrogen-bond donors (Lipinski definition) is 0. The van der Waals surface area contributed by atoms with Gasteiger partial charge in [-0.1, -0.05) is 30.3 Å². The fourth-order valence-electron chi connectivity index (χ4n) is 3.44. The second kappa shape index (κ2) is 6.52. The predicted molar refractivity (Wildman–Crippen MR) is 102 cm³/mol. The summed E-state index contributed by atoms with van der Waals surface area (Å²) in [6.07, 6.45) is 4.44. The minimum absolute atomic E-state index is 0.900. The number of rotatable bonds is 4. The summed E-state index contributed by atoms with van der Waals surface area (Å²) in [5.41, 5.74) is 2.70. The van der Waals surface area contributed by atoms with Gasteiger partial charge in [-0.3, -0.25) is 0 Å². The van der Waals surface area contributed by atoms with E-state index in [0.717, 1.165) is 36.6 Å². The maximum atomic E-state index is 4.99. The fraction of sp³-hybridized carbons (Fsp3) is 0.400. The number of aryl methyl sites for hydroxylation is 4. The van der Waals surface area contributed by atoms with Crippen molar-refractivity contribution in [3.63, 3.8) is 0 Å². The molecule has 0 N–H and O–H groups in total. The monoisotopic (exact) mass is 337 g/mol. The zero-order chi connectivity index (χ0) is 16.5. The van der Waals surface area contributed by atoms with Gasteiger partial charge in [-0.25, -0.2) is 9.97 Å². The van der Waals surface area contributed by atoms with Crippen molar-refractivity contribution >= 4 is 27.4 Å². The van der Waals surface area contributed by atoms with Crippen molar-refractivity contribution in [2.75, 3.05) is 18.0 Å². The van der Waals surface area contributed by atoms with Gasteiger partial charge < -0.3 is 4.90 Å². The van der Waals surface area contributed by atoms with Gasteiger partial charge in [-0.2, -0.15) is 0 Å². The van der Waals surface area contributed by atoms with Crippen LogP contribution in [0.25, 0.3) is 10.2 Å². The molecular weight excluding hydrogens is 314 g/mol. The van der Waals surface area contributed by atoms with Gasteiger partial charge in [0.05, 0.1) is 5.39 Å². The van der Waals surface area contributed by atoms with E-state index in [9.17, 15) is 0 Å². The van der Waals surface area contributed by atoms with Gasteiger partial charge in [0, 0.05) is 24.4 Å². The van der Waals surface area contributed by atoms with E-state index in [1.54, 1.807) is 0 Å². The predicted octanol–water partition coefficient (Wildman–Crippen LogP) is 4.69. The molecule has 3 nitrogen and oxygen atoms in total. The number of anilines is 1. The summed E-state index contributed by atoms with van der Waals surface area (Å²) >= 11 is 1.81. The zero-order valence-corrected chi connectivity index (χ0v) is 15.2. The number of benzene rings is 1. The van der Waals surface area contributed by atoms with Gasteiger partial charge >= 0.3 is 0 Å². The number of nitrogens with zero attached hydrogens (tertiary/aromatic N) is 3. The molecule has 124 valence electrons. The van der Waals surface area contributed by atoms with E-state index in [4.69, 9.17) is 9.97 Å². The molecule has 2 aromatic heterocycles. The number of thiophene rings is 1. The Bertz CT molecular complexity index is 848. The van der Waals surface area contributed by atoms with Crippen LogP contribution in [0.3, 0.4) is 0 Å². The zero-order valence-electron chi connectivity index (χ0n) is 14.4. The molecule has 0 unspecified atom stereocenters. The highest BCUT2D eigenvalue weighted by Gasteiger charge is 2.21. The first-order valence-electron chi connectivity index (χ1n) is 8.78. The van der Waals surface area contributed by atoms with Crippen LogP contribution in [-0.2, 0) is 12.8 Å². The van der Waals surface area contributed by atoms with Crippen LogP contribution >= 0.6 is 11.3 Å². The van der Waals surface area contributed by atoms with Gasteiger partial charge in [-0.05, 0) is 44.2 Å². The summed E-state index contributed by atoms with van der Waals surface area (Å²) in [7, 11) is 0. The van der Waals surface area contributed by atoms with Gasteiger partial charge in [0.15, 0.2) is 0 Å². The molecule has 4 heteroatoms. The topological polar surface area (TPSA) is 29.0 Å². The Hall–Kier alpha value is -1.94. The Kier molecular flexibility index (Phi) is 4.23. The Morgan fingerprint density at radius 3 is 2.50 bits per heavy atom. The largest absolute Gasteiger partial charge is 0.356 e. The Labute approximate surface area is 147 Å². The molecule has 3 aromatic rings. The fourth-order valence-corrected chi connectivity index (χ4v) is 4.48. The van der Waals surface area contributed by atoms with Crippen LogP contribution in [0.4, 0.5) is 5.82 Å². The summed E-state index contributed by atoms with van der Waals surface area (Å²) in [6.45, 7) is 6.65. The van der Waals surface area contributed by atoms with Crippen molar-refractivity contribution in [1.82, 2.24) is 9.97 Å². The molecule has 24 heavy (non-hydrogen) atoms. The molecule has 1 saturated heterocycles. The van der Waals surface area contributed by atoms with Crippen molar-refractivity contribution in [1.29, 1.82) is 0 Å². The van der Waals surface area contributed by atoms with E-state index in [1.807, 2.05) is 11.3 Å². The van der Waals surface area contributed by atoms with Crippen molar-refractivity contribution in [2.45, 2.75) is 39.5 Å². The van der Waals surface area contributed by atoms with E-state index in [-0.39, 0.29) is 0 Å². The van der Waals surface area contributed by atoms with Crippen LogP contribution in [-0.4, -0.2) is 23.1 Å². The third-order valence-electron chi connectivity index (χ3n) is 4.94. The maximum Gasteiger partial charge on any atom is 0.141 e. The van der Waals surface area contributed by atoms with E-state index in [1.165, 1.54) is 40.0 Å². The molecule has 0 radical (unpaired) electrons. The Morgan fingerprint density at radius 1 is 1.00 bits per heavy atom. The van der Waals surface area contributed by atoms with Crippen LogP contribution in [0.1, 0.15) is 34.7 Å². The molecule has 0 amide bonds. The standard InChI is InChI=1S/C20H23N3S/c1-14-15(2)24-20-18(14)19(23-12-6-7-13-23)21-17(22-20)11-10-16-8-4-3-5-9-16/h3-5,8-9H,6-7,10-13H2,1-2H3. The van der Waals surface area contributed by atoms with Gasteiger partial charge in [-0.15, -0.1) is 11.3 Å². The lowest BCUT2D eigenvalue weighted by Gasteiger charge is -2.18. The van der Waals surface area contributed by atoms with E-state index >= 15 is 0 Å². The maximum absolute atomic E-state index is 4.99. The van der Waals surface area contributed by atoms with E-state index in [0.29, 0.717) is 0 Å². The molecule has 0 aliphatic carbocycles. The summed E-state index contributed by atoms with van der Waals surface area (Å²) < 4.78 is 0. The molecule has 4 rings (SSSR count). The molecule has 1 fully saturated rings. The molecule has 0 atom stereocenters. The number of aromatic nitrogens is 2. The Morgan fingerprint density at radius 2 is 1.75 bits per heavy atom. The second-order valence-electron chi connectivity index (χ2n) is 6.61. The number of fused-ring (bicyclic) bond motifs is 1. The Balaban J connectivity index is 1.71. The first-order chi connectivity index (χ1) is 11.7. The van der Waals surface area contributed by atoms with E-state index < -0.39 is 0 Å². The lowest BCUT2D eigenvalue weighted by molar-refractivity contribution is 0.850. The summed E-state index contributed by atoms with van der Waals surface area (Å²) in [4.78, 5) is 14.9. The minimum Gasteiger partial charge on any atom is -0.356 e. The second-order valence-corrected chi connectivity index (χ2v) is 7.81. The highest BCUT2D eigenvalue weighted by molar-refractivity contribution is 7.18. The number of hydrogen-bond acceptors (Lipinski definition) is 4. The smallest absolute Gasteiger partial charge is 0.141 e. The minimum atomic E-state index is 0.900.